The molecule has 21 heavy (non-hydrogen) atoms. The second-order valence-corrected chi connectivity index (χ2v) is 5.44. The van der Waals surface area contributed by atoms with Gasteiger partial charge in [-0.15, -0.1) is 0 Å². The number of ether oxygens (including phenoxy) is 1. The molecule has 1 aromatic carbocycles. The van der Waals surface area contributed by atoms with Crippen LogP contribution in [-0.4, -0.2) is 36.4 Å². The third-order valence-electron chi connectivity index (χ3n) is 4.12. The summed E-state index contributed by atoms with van der Waals surface area (Å²) in [5, 5.41) is 2.92. The monoisotopic (exact) mass is 292 g/mol. The normalized spacial score (nSPS) is 24.5. The van der Waals surface area contributed by atoms with Crippen LogP contribution in [0.1, 0.15) is 30.9 Å². The van der Waals surface area contributed by atoms with Gasteiger partial charge in [0, 0.05) is 25.5 Å². The highest BCUT2D eigenvalue weighted by molar-refractivity contribution is 5.90. The molecule has 2 atom stereocenters. The maximum Gasteiger partial charge on any atom is 0.243 e. The van der Waals surface area contributed by atoms with Crippen molar-refractivity contribution in [2.24, 2.45) is 0 Å². The Labute approximate surface area is 122 Å². The zero-order valence-electron chi connectivity index (χ0n) is 11.8. The Bertz CT molecular complexity index is 590. The van der Waals surface area contributed by atoms with E-state index in [1.54, 1.807) is 13.1 Å². The Morgan fingerprint density at radius 1 is 1.43 bits per heavy atom. The van der Waals surface area contributed by atoms with E-state index in [0.29, 0.717) is 37.2 Å². The number of likely N-dealkylation sites (N-methyl/N-ethyl adjacent to an activating group) is 1. The molecule has 1 saturated heterocycles. The number of hydrogen-bond donors (Lipinski definition) is 1. The number of hydrogen-bond acceptors (Lipinski definition) is 3. The predicted octanol–water partition coefficient (Wildman–Crippen LogP) is 1.39. The Balaban J connectivity index is 1.76. The van der Waals surface area contributed by atoms with Crippen LogP contribution >= 0.6 is 0 Å². The number of carbonyl (C=O) groups is 2. The van der Waals surface area contributed by atoms with E-state index in [9.17, 15) is 14.0 Å². The molecular formula is C15H17FN2O3. The first-order chi connectivity index (χ1) is 10.1. The zero-order chi connectivity index (χ0) is 15.0. The largest absolute Gasteiger partial charge is 0.493 e. The number of rotatable bonds is 2. The molecular weight excluding hydrogens is 275 g/mol. The van der Waals surface area contributed by atoms with E-state index in [-0.39, 0.29) is 23.7 Å². The van der Waals surface area contributed by atoms with Crippen molar-refractivity contribution >= 4 is 11.8 Å². The first kappa shape index (κ1) is 13.9. The van der Waals surface area contributed by atoms with E-state index < -0.39 is 6.04 Å². The van der Waals surface area contributed by atoms with E-state index in [1.807, 2.05) is 0 Å². The molecule has 0 saturated carbocycles. The average Bonchev–Trinajstić information content (AvgIpc) is 2.80. The maximum atomic E-state index is 13.4. The van der Waals surface area contributed by atoms with Gasteiger partial charge in [0.05, 0.1) is 12.6 Å². The summed E-state index contributed by atoms with van der Waals surface area (Å²) in [4.78, 5) is 25.3. The molecule has 0 aromatic heterocycles. The lowest BCUT2D eigenvalue weighted by Crippen LogP contribution is -2.44. The SMILES string of the molecule is CN1C(=O)CC[C@@H]1C(=O)N[C@@H]1CCOc2ccc(F)cc21. The summed E-state index contributed by atoms with van der Waals surface area (Å²) < 4.78 is 18.9. The van der Waals surface area contributed by atoms with Crippen molar-refractivity contribution in [2.45, 2.75) is 31.3 Å². The van der Waals surface area contributed by atoms with Gasteiger partial charge in [0.1, 0.15) is 17.6 Å². The van der Waals surface area contributed by atoms with Crippen molar-refractivity contribution < 1.29 is 18.7 Å². The van der Waals surface area contributed by atoms with E-state index in [4.69, 9.17) is 4.74 Å². The van der Waals surface area contributed by atoms with Gasteiger partial charge >= 0.3 is 0 Å². The molecule has 2 aliphatic heterocycles. The molecule has 112 valence electrons. The number of nitrogens with one attached hydrogen (secondary N) is 1. The number of halogens is 1. The highest BCUT2D eigenvalue weighted by Crippen LogP contribution is 2.32. The lowest BCUT2D eigenvalue weighted by Gasteiger charge is -2.28. The average molecular weight is 292 g/mol. The van der Waals surface area contributed by atoms with Gasteiger partial charge in [-0.3, -0.25) is 9.59 Å². The highest BCUT2D eigenvalue weighted by atomic mass is 19.1. The van der Waals surface area contributed by atoms with Gasteiger partial charge in [-0.05, 0) is 24.6 Å². The molecule has 2 amide bonds. The van der Waals surface area contributed by atoms with Crippen LogP contribution in [0, 0.1) is 5.82 Å². The summed E-state index contributed by atoms with van der Waals surface area (Å²) in [5.41, 5.74) is 0.654. The summed E-state index contributed by atoms with van der Waals surface area (Å²) in [6.45, 7) is 0.475. The lowest BCUT2D eigenvalue weighted by atomic mass is 10.00. The minimum Gasteiger partial charge on any atom is -0.493 e. The van der Waals surface area contributed by atoms with Crippen LogP contribution in [-0.2, 0) is 9.59 Å². The van der Waals surface area contributed by atoms with Crippen molar-refractivity contribution in [3.05, 3.63) is 29.6 Å². The summed E-state index contributed by atoms with van der Waals surface area (Å²) in [6, 6.07) is 3.60. The van der Waals surface area contributed by atoms with Crippen molar-refractivity contribution in [2.75, 3.05) is 13.7 Å². The standard InChI is InChI=1S/C15H17FN2O3/c1-18-12(3-5-14(18)19)15(20)17-11-6-7-21-13-4-2-9(16)8-10(11)13/h2,4,8,11-12H,3,5-7H2,1H3,(H,17,20)/t11-,12-/m1/s1. The molecule has 2 heterocycles. The van der Waals surface area contributed by atoms with Gasteiger partial charge in [-0.25, -0.2) is 4.39 Å². The lowest BCUT2D eigenvalue weighted by molar-refractivity contribution is -0.134. The fraction of sp³-hybridized carbons (Fsp3) is 0.467. The Morgan fingerprint density at radius 2 is 2.24 bits per heavy atom. The minimum absolute atomic E-state index is 0.0198. The number of amides is 2. The first-order valence-corrected chi connectivity index (χ1v) is 7.04. The van der Waals surface area contributed by atoms with Crippen LogP contribution in [0.3, 0.4) is 0 Å². The summed E-state index contributed by atoms with van der Waals surface area (Å²) in [6.07, 6.45) is 1.51. The molecule has 2 aliphatic rings. The molecule has 0 radical (unpaired) electrons. The van der Waals surface area contributed by atoms with E-state index in [2.05, 4.69) is 5.32 Å². The minimum atomic E-state index is -0.433. The molecule has 5 nitrogen and oxygen atoms in total. The van der Waals surface area contributed by atoms with Gasteiger partial charge in [-0.2, -0.15) is 0 Å². The molecule has 0 spiro atoms. The van der Waals surface area contributed by atoms with Crippen LogP contribution < -0.4 is 10.1 Å². The van der Waals surface area contributed by atoms with E-state index >= 15 is 0 Å². The second kappa shape index (κ2) is 5.35. The van der Waals surface area contributed by atoms with Crippen LogP contribution in [0.2, 0.25) is 0 Å². The van der Waals surface area contributed by atoms with Crippen molar-refractivity contribution in [1.82, 2.24) is 10.2 Å². The third-order valence-corrected chi connectivity index (χ3v) is 4.12. The molecule has 3 rings (SSSR count). The van der Waals surface area contributed by atoms with Gasteiger partial charge in [0.25, 0.3) is 0 Å². The topological polar surface area (TPSA) is 58.6 Å². The third kappa shape index (κ3) is 2.57. The zero-order valence-corrected chi connectivity index (χ0v) is 11.8. The summed E-state index contributed by atoms with van der Waals surface area (Å²) in [5.74, 6) is 0.0366. The highest BCUT2D eigenvalue weighted by Gasteiger charge is 2.35. The Hall–Kier alpha value is -2.11. The number of likely N-dealkylation sites (tertiary alicyclic amines) is 1. The molecule has 0 aliphatic carbocycles. The van der Waals surface area contributed by atoms with Crippen molar-refractivity contribution in [3.63, 3.8) is 0 Å². The fourth-order valence-electron chi connectivity index (χ4n) is 2.89. The van der Waals surface area contributed by atoms with Gasteiger partial charge in [0.15, 0.2) is 0 Å². The molecule has 1 N–H and O–H groups in total. The molecule has 0 bridgehead atoms. The first-order valence-electron chi connectivity index (χ1n) is 7.04. The van der Waals surface area contributed by atoms with E-state index in [1.165, 1.54) is 17.0 Å². The van der Waals surface area contributed by atoms with Gasteiger partial charge in [0.2, 0.25) is 11.8 Å². The van der Waals surface area contributed by atoms with Crippen molar-refractivity contribution in [3.8, 4) is 5.75 Å². The number of fused-ring (bicyclic) bond motifs is 1. The number of nitrogens with zero attached hydrogens (tertiary/aromatic N) is 1. The molecule has 1 fully saturated rings. The second-order valence-electron chi connectivity index (χ2n) is 5.44. The van der Waals surface area contributed by atoms with Gasteiger partial charge < -0.3 is 15.0 Å². The molecule has 0 unspecified atom stereocenters. The summed E-state index contributed by atoms with van der Waals surface area (Å²) >= 11 is 0. The van der Waals surface area contributed by atoms with Gasteiger partial charge in [-0.1, -0.05) is 0 Å². The van der Waals surface area contributed by atoms with E-state index in [0.717, 1.165) is 0 Å². The molecule has 6 heteroatoms. The predicted molar refractivity (Wildman–Crippen MR) is 73.2 cm³/mol. The van der Waals surface area contributed by atoms with Crippen LogP contribution in [0.15, 0.2) is 18.2 Å². The Kier molecular flexibility index (Phi) is 3.53. The Morgan fingerprint density at radius 3 is 2.95 bits per heavy atom. The summed E-state index contributed by atoms with van der Waals surface area (Å²) in [7, 11) is 1.64. The van der Waals surface area contributed by atoms with Crippen molar-refractivity contribution in [1.29, 1.82) is 0 Å². The van der Waals surface area contributed by atoms with Crippen LogP contribution in [0.25, 0.3) is 0 Å². The number of carbonyl (C=O) groups excluding carboxylic acids is 2. The number of benzene rings is 1. The van der Waals surface area contributed by atoms with Crippen LogP contribution in [0.5, 0.6) is 5.75 Å². The molecule has 1 aromatic rings. The maximum absolute atomic E-state index is 13.4. The smallest absolute Gasteiger partial charge is 0.243 e. The quantitative estimate of drug-likeness (QED) is 0.896. The van der Waals surface area contributed by atoms with Crippen LogP contribution in [0.4, 0.5) is 4.39 Å². The fourth-order valence-corrected chi connectivity index (χ4v) is 2.89.